The third kappa shape index (κ3) is 6.56. The highest BCUT2D eigenvalue weighted by Crippen LogP contribution is 2.33. The molecule has 7 N–H and O–H groups in total. The molecule has 2 unspecified atom stereocenters. The number of aromatic hydroxyl groups is 2. The van der Waals surface area contributed by atoms with Crippen molar-refractivity contribution in [2.24, 2.45) is 0 Å². The molecule has 0 saturated carbocycles. The Morgan fingerprint density at radius 2 is 1.69 bits per heavy atom. The minimum Gasteiger partial charge on any atom is -0.504 e. The van der Waals surface area contributed by atoms with Gasteiger partial charge in [0.2, 0.25) is 0 Å². The first-order valence-corrected chi connectivity index (χ1v) is 11.6. The standard InChI is InChI=1S/C25H34O11/c1-13-21(29)23(31)24(32)25(35-13)34-9-3-4-14-5-8-18(17(28)10-14)36-20(12-26)22(30)15-6-7-16(27)19(11-15)33-2/h5-8,10-11,13,20-32H,3-4,9,12H2,1-2H3/t13-,20?,21-,22?,23+,24+,25+/m0/s1. The van der Waals surface area contributed by atoms with Gasteiger partial charge in [0.05, 0.1) is 26.4 Å². The van der Waals surface area contributed by atoms with Gasteiger partial charge in [0.25, 0.3) is 0 Å². The Balaban J connectivity index is 1.54. The van der Waals surface area contributed by atoms with E-state index in [0.717, 1.165) is 5.56 Å². The van der Waals surface area contributed by atoms with Crippen molar-refractivity contribution in [3.05, 3.63) is 47.5 Å². The van der Waals surface area contributed by atoms with E-state index in [9.17, 15) is 35.7 Å². The molecule has 2 aromatic rings. The first kappa shape index (κ1) is 27.9. The fraction of sp³-hybridized carbons (Fsp3) is 0.520. The minimum atomic E-state index is -1.37. The van der Waals surface area contributed by atoms with E-state index in [0.29, 0.717) is 18.4 Å². The van der Waals surface area contributed by atoms with E-state index in [2.05, 4.69) is 0 Å². The second-order valence-electron chi connectivity index (χ2n) is 8.67. The quantitative estimate of drug-likeness (QED) is 0.208. The van der Waals surface area contributed by atoms with E-state index in [1.807, 2.05) is 0 Å². The molecular weight excluding hydrogens is 476 g/mol. The van der Waals surface area contributed by atoms with E-state index in [1.54, 1.807) is 13.0 Å². The maximum atomic E-state index is 10.6. The lowest BCUT2D eigenvalue weighted by Crippen LogP contribution is -2.57. The summed E-state index contributed by atoms with van der Waals surface area (Å²) in [6.45, 7) is 1.23. The Labute approximate surface area is 208 Å². The van der Waals surface area contributed by atoms with E-state index < -0.39 is 49.5 Å². The van der Waals surface area contributed by atoms with Crippen LogP contribution in [0.2, 0.25) is 0 Å². The smallest absolute Gasteiger partial charge is 0.186 e. The summed E-state index contributed by atoms with van der Waals surface area (Å²) >= 11 is 0. The van der Waals surface area contributed by atoms with Crippen LogP contribution in [0, 0.1) is 0 Å². The molecule has 1 aliphatic heterocycles. The van der Waals surface area contributed by atoms with Gasteiger partial charge in [-0.1, -0.05) is 12.1 Å². The number of rotatable bonds is 11. The van der Waals surface area contributed by atoms with Gasteiger partial charge in [0.1, 0.15) is 24.4 Å². The molecule has 1 aliphatic rings. The summed E-state index contributed by atoms with van der Waals surface area (Å²) in [5.74, 6) is -0.0485. The van der Waals surface area contributed by atoms with Crippen molar-refractivity contribution in [1.82, 2.24) is 0 Å². The number of aliphatic hydroxyl groups excluding tert-OH is 5. The minimum absolute atomic E-state index is 0.0686. The zero-order valence-corrected chi connectivity index (χ0v) is 20.1. The predicted octanol–water partition coefficient (Wildman–Crippen LogP) is 0.356. The van der Waals surface area contributed by atoms with Crippen LogP contribution in [0.5, 0.6) is 23.0 Å². The first-order valence-electron chi connectivity index (χ1n) is 11.6. The molecule has 0 aromatic heterocycles. The van der Waals surface area contributed by atoms with Crippen molar-refractivity contribution in [3.8, 4) is 23.0 Å². The molecule has 200 valence electrons. The van der Waals surface area contributed by atoms with Crippen LogP contribution in [0.15, 0.2) is 36.4 Å². The lowest BCUT2D eigenvalue weighted by molar-refractivity contribution is -0.293. The number of methoxy groups -OCH3 is 1. The van der Waals surface area contributed by atoms with Gasteiger partial charge in [0, 0.05) is 0 Å². The number of aryl methyl sites for hydroxylation is 1. The number of phenols is 2. The number of phenolic OH excluding ortho intramolecular Hbond substituents is 2. The van der Waals surface area contributed by atoms with Crippen molar-refractivity contribution in [2.45, 2.75) is 62.7 Å². The largest absolute Gasteiger partial charge is 0.504 e. The summed E-state index contributed by atoms with van der Waals surface area (Å²) in [5.41, 5.74) is 1.12. The van der Waals surface area contributed by atoms with E-state index >= 15 is 0 Å². The summed E-state index contributed by atoms with van der Waals surface area (Å²) in [4.78, 5) is 0. The van der Waals surface area contributed by atoms with E-state index in [-0.39, 0.29) is 29.6 Å². The Kier molecular flexibility index (Phi) is 9.74. The van der Waals surface area contributed by atoms with E-state index in [4.69, 9.17) is 18.9 Å². The maximum absolute atomic E-state index is 10.6. The van der Waals surface area contributed by atoms with Crippen molar-refractivity contribution < 1.29 is 54.7 Å². The average Bonchev–Trinajstić information content (AvgIpc) is 2.87. The van der Waals surface area contributed by atoms with Crippen LogP contribution in [-0.2, 0) is 15.9 Å². The van der Waals surface area contributed by atoms with Crippen molar-refractivity contribution >= 4 is 0 Å². The molecule has 0 radical (unpaired) electrons. The summed E-state index contributed by atoms with van der Waals surface area (Å²) in [7, 11) is 1.38. The Morgan fingerprint density at radius 1 is 0.944 bits per heavy atom. The van der Waals surface area contributed by atoms with Gasteiger partial charge in [-0.05, 0) is 55.2 Å². The fourth-order valence-corrected chi connectivity index (χ4v) is 3.90. The molecule has 1 saturated heterocycles. The number of hydrogen-bond acceptors (Lipinski definition) is 11. The lowest BCUT2D eigenvalue weighted by Gasteiger charge is -2.38. The first-order chi connectivity index (χ1) is 17.2. The SMILES string of the molecule is COc1cc(C(O)C(CO)Oc2ccc(CCCO[C@@H]3O[C@@H](C)[C@H](O)[C@@H](O)[C@H]3O)cc2O)ccc1O. The van der Waals surface area contributed by atoms with Gasteiger partial charge in [-0.25, -0.2) is 0 Å². The highest BCUT2D eigenvalue weighted by atomic mass is 16.7. The molecule has 3 rings (SSSR count). The third-order valence-electron chi connectivity index (χ3n) is 6.08. The molecule has 11 heteroatoms. The normalized spacial score (nSPS) is 25.8. The van der Waals surface area contributed by atoms with Gasteiger partial charge >= 0.3 is 0 Å². The summed E-state index contributed by atoms with van der Waals surface area (Å²) in [6, 6.07) is 8.99. The highest BCUT2D eigenvalue weighted by Gasteiger charge is 2.42. The zero-order valence-electron chi connectivity index (χ0n) is 20.1. The van der Waals surface area contributed by atoms with Crippen molar-refractivity contribution in [1.29, 1.82) is 0 Å². The maximum Gasteiger partial charge on any atom is 0.186 e. The van der Waals surface area contributed by atoms with Crippen LogP contribution in [0.4, 0.5) is 0 Å². The lowest BCUT2D eigenvalue weighted by atomic mass is 10.00. The van der Waals surface area contributed by atoms with Gasteiger partial charge in [-0.3, -0.25) is 0 Å². The highest BCUT2D eigenvalue weighted by molar-refractivity contribution is 5.44. The fourth-order valence-electron chi connectivity index (χ4n) is 3.90. The van der Waals surface area contributed by atoms with Crippen LogP contribution >= 0.6 is 0 Å². The summed E-state index contributed by atoms with van der Waals surface area (Å²) < 4.78 is 21.6. The van der Waals surface area contributed by atoms with Crippen molar-refractivity contribution in [2.75, 3.05) is 20.3 Å². The molecule has 7 atom stereocenters. The van der Waals surface area contributed by atoms with E-state index in [1.165, 1.54) is 37.4 Å². The third-order valence-corrected chi connectivity index (χ3v) is 6.08. The molecule has 0 bridgehead atoms. The summed E-state index contributed by atoms with van der Waals surface area (Å²) in [5, 5.41) is 70.1. The number of aliphatic hydroxyl groups is 5. The molecule has 11 nitrogen and oxygen atoms in total. The second kappa shape index (κ2) is 12.5. The van der Waals surface area contributed by atoms with Gasteiger partial charge < -0.3 is 54.7 Å². The van der Waals surface area contributed by atoms with Crippen LogP contribution in [0.3, 0.4) is 0 Å². The molecule has 0 aliphatic carbocycles. The number of ether oxygens (including phenoxy) is 4. The predicted molar refractivity (Wildman–Crippen MR) is 126 cm³/mol. The Morgan fingerprint density at radius 3 is 2.36 bits per heavy atom. The molecule has 1 heterocycles. The molecule has 36 heavy (non-hydrogen) atoms. The Hall–Kier alpha value is -2.64. The second-order valence-corrected chi connectivity index (χ2v) is 8.67. The van der Waals surface area contributed by atoms with Crippen LogP contribution in [0.1, 0.15) is 30.6 Å². The van der Waals surface area contributed by atoms with Crippen LogP contribution in [-0.4, -0.2) is 92.9 Å². The molecule has 2 aromatic carbocycles. The van der Waals surface area contributed by atoms with Crippen LogP contribution < -0.4 is 9.47 Å². The monoisotopic (exact) mass is 510 g/mol. The van der Waals surface area contributed by atoms with Crippen molar-refractivity contribution in [3.63, 3.8) is 0 Å². The van der Waals surface area contributed by atoms with Gasteiger partial charge in [0.15, 0.2) is 35.4 Å². The van der Waals surface area contributed by atoms with Gasteiger partial charge in [-0.2, -0.15) is 0 Å². The topological polar surface area (TPSA) is 179 Å². The molecule has 0 spiro atoms. The number of benzene rings is 2. The zero-order chi connectivity index (χ0) is 26.4. The molecule has 1 fully saturated rings. The molecular formula is C25H34O11. The Bertz CT molecular complexity index is 984. The van der Waals surface area contributed by atoms with Gasteiger partial charge in [-0.15, -0.1) is 0 Å². The average molecular weight is 511 g/mol. The molecule has 0 amide bonds. The van der Waals surface area contributed by atoms with Crippen LogP contribution in [0.25, 0.3) is 0 Å². The number of hydrogen-bond donors (Lipinski definition) is 7. The summed E-state index contributed by atoms with van der Waals surface area (Å²) in [6.07, 6.45) is -7.00.